The Hall–Kier alpha value is 0.870. The standard InChI is InChI=1S/C15H32O4S.Na/c1-4-5-6-7-8-9-10-11-15(19-14(2)3)12-13-20(16,17)18;/h14-15H,4-13H2,1-3H3,(H,16,17,18);/q;+1/p-1. The molecule has 0 heterocycles. The van der Waals surface area contributed by atoms with Crippen LogP contribution < -0.4 is 29.6 Å². The van der Waals surface area contributed by atoms with Gasteiger partial charge in [0.2, 0.25) is 0 Å². The number of rotatable bonds is 13. The summed E-state index contributed by atoms with van der Waals surface area (Å²) in [7, 11) is -4.13. The molecule has 0 rings (SSSR count). The largest absolute Gasteiger partial charge is 1.00 e. The van der Waals surface area contributed by atoms with Crippen LogP contribution in [-0.2, 0) is 14.9 Å². The average molecular weight is 330 g/mol. The van der Waals surface area contributed by atoms with Crippen LogP contribution in [0.5, 0.6) is 0 Å². The minimum atomic E-state index is -4.13. The minimum Gasteiger partial charge on any atom is -0.748 e. The van der Waals surface area contributed by atoms with E-state index in [4.69, 9.17) is 4.74 Å². The molecule has 0 fully saturated rings. The van der Waals surface area contributed by atoms with Crippen molar-refractivity contribution in [1.82, 2.24) is 0 Å². The molecular weight excluding hydrogens is 299 g/mol. The molecule has 0 bridgehead atoms. The van der Waals surface area contributed by atoms with Gasteiger partial charge in [-0.25, -0.2) is 8.42 Å². The van der Waals surface area contributed by atoms with E-state index in [2.05, 4.69) is 6.92 Å². The van der Waals surface area contributed by atoms with Gasteiger partial charge in [0.05, 0.1) is 22.3 Å². The normalized spacial score (nSPS) is 13.2. The fourth-order valence-corrected chi connectivity index (χ4v) is 2.82. The molecule has 4 nitrogen and oxygen atoms in total. The molecule has 122 valence electrons. The zero-order valence-electron chi connectivity index (χ0n) is 14.3. The molecule has 21 heavy (non-hydrogen) atoms. The Labute approximate surface area is 153 Å². The molecule has 0 spiro atoms. The molecule has 0 aromatic carbocycles. The molecule has 1 unspecified atom stereocenters. The van der Waals surface area contributed by atoms with Crippen molar-refractivity contribution in [2.45, 2.75) is 90.8 Å². The zero-order valence-corrected chi connectivity index (χ0v) is 17.1. The van der Waals surface area contributed by atoms with Gasteiger partial charge in [-0.05, 0) is 26.7 Å². The zero-order chi connectivity index (χ0) is 15.4. The summed E-state index contributed by atoms with van der Waals surface area (Å²) < 4.78 is 37.7. The first-order valence-electron chi connectivity index (χ1n) is 7.94. The summed E-state index contributed by atoms with van der Waals surface area (Å²) in [6.07, 6.45) is 9.71. The predicted octanol–water partition coefficient (Wildman–Crippen LogP) is 0.860. The number of unbranched alkanes of at least 4 members (excludes halogenated alkanes) is 6. The summed E-state index contributed by atoms with van der Waals surface area (Å²) in [5, 5.41) is 0. The molecule has 0 aliphatic carbocycles. The second-order valence-corrected chi connectivity index (χ2v) is 7.29. The Kier molecular flexibility index (Phi) is 16.6. The van der Waals surface area contributed by atoms with Crippen LogP contribution >= 0.6 is 0 Å². The van der Waals surface area contributed by atoms with E-state index in [9.17, 15) is 13.0 Å². The second kappa shape index (κ2) is 14.5. The van der Waals surface area contributed by atoms with Crippen molar-refractivity contribution in [2.24, 2.45) is 0 Å². The van der Waals surface area contributed by atoms with Crippen LogP contribution in [0.4, 0.5) is 0 Å². The predicted molar refractivity (Wildman–Crippen MR) is 81.8 cm³/mol. The maximum Gasteiger partial charge on any atom is 1.00 e. The second-order valence-electron chi connectivity index (χ2n) is 5.77. The van der Waals surface area contributed by atoms with E-state index in [0.29, 0.717) is 6.42 Å². The van der Waals surface area contributed by atoms with Crippen molar-refractivity contribution in [3.05, 3.63) is 0 Å². The van der Waals surface area contributed by atoms with Crippen molar-refractivity contribution in [2.75, 3.05) is 5.75 Å². The minimum absolute atomic E-state index is 0. The van der Waals surface area contributed by atoms with Crippen molar-refractivity contribution in [3.63, 3.8) is 0 Å². The van der Waals surface area contributed by atoms with Crippen molar-refractivity contribution >= 4 is 10.1 Å². The van der Waals surface area contributed by atoms with E-state index in [1.807, 2.05) is 13.8 Å². The van der Waals surface area contributed by atoms with Crippen LogP contribution in [0.2, 0.25) is 0 Å². The molecule has 0 aromatic rings. The number of hydrogen-bond acceptors (Lipinski definition) is 4. The maximum atomic E-state index is 10.7. The fraction of sp³-hybridized carbons (Fsp3) is 1.00. The van der Waals surface area contributed by atoms with Gasteiger partial charge in [0, 0.05) is 5.75 Å². The Morgan fingerprint density at radius 3 is 1.95 bits per heavy atom. The van der Waals surface area contributed by atoms with Crippen LogP contribution in [0.25, 0.3) is 0 Å². The van der Waals surface area contributed by atoms with Crippen molar-refractivity contribution in [1.29, 1.82) is 0 Å². The Bertz CT molecular complexity index is 318. The van der Waals surface area contributed by atoms with Gasteiger partial charge in [-0.2, -0.15) is 0 Å². The third-order valence-electron chi connectivity index (χ3n) is 3.28. The van der Waals surface area contributed by atoms with Crippen LogP contribution in [0, 0.1) is 0 Å². The molecule has 0 radical (unpaired) electrons. The smallest absolute Gasteiger partial charge is 0.748 e. The molecule has 0 aromatic heterocycles. The SMILES string of the molecule is CCCCCCCCCC(CCS(=O)(=O)[O-])OC(C)C.[Na+]. The summed E-state index contributed by atoms with van der Waals surface area (Å²) in [5.41, 5.74) is 0. The van der Waals surface area contributed by atoms with E-state index < -0.39 is 10.1 Å². The Morgan fingerprint density at radius 1 is 0.952 bits per heavy atom. The summed E-state index contributed by atoms with van der Waals surface area (Å²) >= 11 is 0. The number of ether oxygens (including phenoxy) is 1. The van der Waals surface area contributed by atoms with Gasteiger partial charge >= 0.3 is 29.6 Å². The first kappa shape index (κ1) is 24.1. The fourth-order valence-electron chi connectivity index (χ4n) is 2.27. The summed E-state index contributed by atoms with van der Waals surface area (Å²) in [4.78, 5) is 0. The van der Waals surface area contributed by atoms with Crippen LogP contribution in [0.1, 0.15) is 78.6 Å². The van der Waals surface area contributed by atoms with Gasteiger partial charge in [0.15, 0.2) is 0 Å². The van der Waals surface area contributed by atoms with Crippen LogP contribution in [0.3, 0.4) is 0 Å². The Morgan fingerprint density at radius 2 is 1.48 bits per heavy atom. The topological polar surface area (TPSA) is 66.4 Å². The summed E-state index contributed by atoms with van der Waals surface area (Å²) in [5.74, 6) is -0.319. The van der Waals surface area contributed by atoms with Gasteiger partial charge in [-0.1, -0.05) is 51.9 Å². The molecule has 1 atom stereocenters. The first-order valence-corrected chi connectivity index (χ1v) is 9.52. The van der Waals surface area contributed by atoms with Crippen molar-refractivity contribution in [3.8, 4) is 0 Å². The monoisotopic (exact) mass is 330 g/mol. The molecule has 0 aliphatic heterocycles. The number of hydrogen-bond donors (Lipinski definition) is 0. The Balaban J connectivity index is 0. The van der Waals surface area contributed by atoms with Crippen LogP contribution in [0.15, 0.2) is 0 Å². The average Bonchev–Trinajstić information content (AvgIpc) is 2.33. The van der Waals surface area contributed by atoms with E-state index >= 15 is 0 Å². The van der Waals surface area contributed by atoms with Gasteiger partial charge in [0.1, 0.15) is 0 Å². The molecule has 6 heteroatoms. The quantitative estimate of drug-likeness (QED) is 0.285. The van der Waals surface area contributed by atoms with E-state index in [0.717, 1.165) is 19.3 Å². The molecule has 0 saturated carbocycles. The van der Waals surface area contributed by atoms with Crippen LogP contribution in [-0.4, -0.2) is 30.9 Å². The van der Waals surface area contributed by atoms with E-state index in [-0.39, 0.29) is 47.5 Å². The van der Waals surface area contributed by atoms with E-state index in [1.54, 1.807) is 0 Å². The third-order valence-corrected chi connectivity index (χ3v) is 4.02. The van der Waals surface area contributed by atoms with Gasteiger partial charge in [-0.3, -0.25) is 0 Å². The molecule has 0 aliphatic rings. The molecule has 0 N–H and O–H groups in total. The van der Waals surface area contributed by atoms with Gasteiger partial charge in [0.25, 0.3) is 0 Å². The molecule has 0 amide bonds. The molecule has 0 saturated heterocycles. The third kappa shape index (κ3) is 18.8. The maximum absolute atomic E-state index is 10.7. The van der Waals surface area contributed by atoms with Gasteiger partial charge < -0.3 is 9.29 Å². The molecular formula is C15H31NaO4S. The van der Waals surface area contributed by atoms with Gasteiger partial charge in [-0.15, -0.1) is 0 Å². The van der Waals surface area contributed by atoms with Crippen molar-refractivity contribution < 1.29 is 47.3 Å². The summed E-state index contributed by atoms with van der Waals surface area (Å²) in [6.45, 7) is 6.07. The first-order chi connectivity index (χ1) is 9.35. The summed E-state index contributed by atoms with van der Waals surface area (Å²) in [6, 6.07) is 0. The van der Waals surface area contributed by atoms with E-state index in [1.165, 1.54) is 32.1 Å².